The minimum Gasteiger partial charge on any atom is -0.377 e. The summed E-state index contributed by atoms with van der Waals surface area (Å²) in [5.74, 6) is -0.223. The molecule has 6 nitrogen and oxygen atoms in total. The number of hydrogen-bond acceptors (Lipinski definition) is 4. The van der Waals surface area contributed by atoms with E-state index in [0.717, 1.165) is 6.42 Å². The van der Waals surface area contributed by atoms with Crippen LogP contribution in [0, 0.1) is 0 Å². The zero-order chi connectivity index (χ0) is 13.5. The van der Waals surface area contributed by atoms with Gasteiger partial charge < -0.3 is 20.7 Å². The molecule has 1 fully saturated rings. The van der Waals surface area contributed by atoms with Crippen molar-refractivity contribution in [2.24, 2.45) is 5.73 Å². The molecule has 0 bridgehead atoms. The molecule has 0 radical (unpaired) electrons. The van der Waals surface area contributed by atoms with Crippen LogP contribution in [0.5, 0.6) is 0 Å². The van der Waals surface area contributed by atoms with Crippen molar-refractivity contribution in [3.63, 3.8) is 0 Å². The van der Waals surface area contributed by atoms with E-state index in [1.165, 1.54) is 0 Å². The average molecular weight is 257 g/mol. The third kappa shape index (κ3) is 3.96. The molecule has 0 aromatic rings. The van der Waals surface area contributed by atoms with E-state index >= 15 is 0 Å². The fourth-order valence-electron chi connectivity index (χ4n) is 1.90. The Balaban J connectivity index is 2.63. The predicted octanol–water partition coefficient (Wildman–Crippen LogP) is -0.523. The van der Waals surface area contributed by atoms with Crippen LogP contribution in [0.25, 0.3) is 0 Å². The number of ether oxygens (including phenoxy) is 1. The van der Waals surface area contributed by atoms with Crippen molar-refractivity contribution in [1.82, 2.24) is 10.2 Å². The first-order valence-electron chi connectivity index (χ1n) is 6.50. The van der Waals surface area contributed by atoms with E-state index in [9.17, 15) is 9.59 Å². The van der Waals surface area contributed by atoms with Crippen LogP contribution in [0.3, 0.4) is 0 Å². The van der Waals surface area contributed by atoms with Gasteiger partial charge in [-0.15, -0.1) is 0 Å². The topological polar surface area (TPSA) is 84.7 Å². The lowest BCUT2D eigenvalue weighted by Gasteiger charge is -2.35. The Morgan fingerprint density at radius 2 is 2.22 bits per heavy atom. The van der Waals surface area contributed by atoms with Crippen LogP contribution in [0.4, 0.5) is 0 Å². The van der Waals surface area contributed by atoms with Crippen molar-refractivity contribution in [1.29, 1.82) is 0 Å². The van der Waals surface area contributed by atoms with Crippen LogP contribution in [-0.2, 0) is 14.3 Å². The molecule has 2 atom stereocenters. The third-order valence-corrected chi connectivity index (χ3v) is 3.06. The van der Waals surface area contributed by atoms with Crippen molar-refractivity contribution in [2.75, 3.05) is 26.3 Å². The molecule has 0 spiro atoms. The second-order valence-corrected chi connectivity index (χ2v) is 4.44. The Hall–Kier alpha value is -1.14. The quantitative estimate of drug-likeness (QED) is 0.694. The highest BCUT2D eigenvalue weighted by Crippen LogP contribution is 2.10. The van der Waals surface area contributed by atoms with Crippen LogP contribution < -0.4 is 11.1 Å². The van der Waals surface area contributed by atoms with E-state index < -0.39 is 6.04 Å². The smallest absolute Gasteiger partial charge is 0.245 e. The van der Waals surface area contributed by atoms with Crippen molar-refractivity contribution in [3.05, 3.63) is 0 Å². The van der Waals surface area contributed by atoms with Gasteiger partial charge in [0.2, 0.25) is 11.8 Å². The van der Waals surface area contributed by atoms with Crippen LogP contribution in [0.15, 0.2) is 0 Å². The summed E-state index contributed by atoms with van der Waals surface area (Å²) in [6.07, 6.45) is 1.04. The second kappa shape index (κ2) is 7.33. The number of morpholine rings is 1. The van der Waals surface area contributed by atoms with E-state index in [1.807, 2.05) is 13.8 Å². The van der Waals surface area contributed by atoms with Gasteiger partial charge in [0.05, 0.1) is 13.2 Å². The Morgan fingerprint density at radius 1 is 1.50 bits per heavy atom. The van der Waals surface area contributed by atoms with Crippen molar-refractivity contribution in [2.45, 2.75) is 38.8 Å². The van der Waals surface area contributed by atoms with E-state index in [2.05, 4.69) is 5.32 Å². The predicted molar refractivity (Wildman–Crippen MR) is 67.9 cm³/mol. The molecule has 18 heavy (non-hydrogen) atoms. The van der Waals surface area contributed by atoms with E-state index in [0.29, 0.717) is 19.7 Å². The number of nitrogens with zero attached hydrogens (tertiary/aromatic N) is 1. The van der Waals surface area contributed by atoms with Gasteiger partial charge in [-0.1, -0.05) is 6.92 Å². The molecular weight excluding hydrogens is 234 g/mol. The maximum absolute atomic E-state index is 12.1. The summed E-state index contributed by atoms with van der Waals surface area (Å²) in [6.45, 7) is 5.53. The zero-order valence-corrected chi connectivity index (χ0v) is 11.1. The van der Waals surface area contributed by atoms with Crippen molar-refractivity contribution in [3.8, 4) is 0 Å². The molecule has 0 saturated carbocycles. The van der Waals surface area contributed by atoms with Gasteiger partial charge in [-0.2, -0.15) is 0 Å². The van der Waals surface area contributed by atoms with Crippen molar-refractivity contribution >= 4 is 11.8 Å². The molecule has 104 valence electrons. The minimum absolute atomic E-state index is 0.0658. The van der Waals surface area contributed by atoms with Crippen LogP contribution in [0.2, 0.25) is 0 Å². The van der Waals surface area contributed by atoms with Gasteiger partial charge in [-0.05, 0) is 13.3 Å². The van der Waals surface area contributed by atoms with E-state index in [1.54, 1.807) is 4.90 Å². The maximum Gasteiger partial charge on any atom is 0.245 e. The normalized spacial score (nSPS) is 21.5. The minimum atomic E-state index is -0.518. The summed E-state index contributed by atoms with van der Waals surface area (Å²) in [4.78, 5) is 25.5. The summed E-state index contributed by atoms with van der Waals surface area (Å²) >= 11 is 0. The largest absolute Gasteiger partial charge is 0.377 e. The molecule has 0 aromatic heterocycles. The standard InChI is InChI=1S/C12H23N3O3/c1-3-9(13)7-11(16)15-5-6-18-8-10(15)12(17)14-4-2/h9-10H,3-8,13H2,1-2H3,(H,14,17). The molecular formula is C12H23N3O3. The molecule has 1 saturated heterocycles. The Kier molecular flexibility index (Phi) is 6.07. The van der Waals surface area contributed by atoms with E-state index in [-0.39, 0.29) is 30.9 Å². The summed E-state index contributed by atoms with van der Waals surface area (Å²) in [6, 6.07) is -0.662. The van der Waals surface area contributed by atoms with Gasteiger partial charge in [0.1, 0.15) is 6.04 Å². The molecule has 2 unspecified atom stereocenters. The molecule has 2 amide bonds. The summed E-state index contributed by atoms with van der Waals surface area (Å²) in [5.41, 5.74) is 5.78. The molecule has 6 heteroatoms. The van der Waals surface area contributed by atoms with Crippen LogP contribution in [-0.4, -0.2) is 55.1 Å². The van der Waals surface area contributed by atoms with Gasteiger partial charge >= 0.3 is 0 Å². The lowest BCUT2D eigenvalue weighted by molar-refractivity contribution is -0.148. The van der Waals surface area contributed by atoms with Crippen molar-refractivity contribution < 1.29 is 14.3 Å². The second-order valence-electron chi connectivity index (χ2n) is 4.44. The molecule has 1 heterocycles. The zero-order valence-electron chi connectivity index (χ0n) is 11.1. The Labute approximate surface area is 108 Å². The first kappa shape index (κ1) is 14.9. The van der Waals surface area contributed by atoms with Crippen LogP contribution >= 0.6 is 0 Å². The van der Waals surface area contributed by atoms with Gasteiger partial charge in [-0.3, -0.25) is 9.59 Å². The molecule has 1 rings (SSSR count). The lowest BCUT2D eigenvalue weighted by atomic mass is 10.1. The number of carbonyl (C=O) groups excluding carboxylic acids is 2. The van der Waals surface area contributed by atoms with Gasteiger partial charge in [0.15, 0.2) is 0 Å². The number of nitrogens with one attached hydrogen (secondary N) is 1. The number of hydrogen-bond donors (Lipinski definition) is 2. The highest BCUT2D eigenvalue weighted by molar-refractivity contribution is 5.88. The fourth-order valence-corrected chi connectivity index (χ4v) is 1.90. The maximum atomic E-state index is 12.1. The summed E-state index contributed by atoms with van der Waals surface area (Å²) in [5, 5.41) is 2.72. The molecule has 0 aromatic carbocycles. The summed E-state index contributed by atoms with van der Waals surface area (Å²) in [7, 11) is 0. The number of likely N-dealkylation sites (N-methyl/N-ethyl adjacent to an activating group) is 1. The van der Waals surface area contributed by atoms with Gasteiger partial charge in [-0.25, -0.2) is 0 Å². The monoisotopic (exact) mass is 257 g/mol. The lowest BCUT2D eigenvalue weighted by Crippen LogP contribution is -2.56. The van der Waals surface area contributed by atoms with Gasteiger partial charge in [0.25, 0.3) is 0 Å². The molecule has 0 aliphatic carbocycles. The van der Waals surface area contributed by atoms with Crippen LogP contribution in [0.1, 0.15) is 26.7 Å². The van der Waals surface area contributed by atoms with Gasteiger partial charge in [0, 0.05) is 25.6 Å². The number of nitrogens with two attached hydrogens (primary N) is 1. The SMILES string of the molecule is CCNC(=O)C1COCCN1C(=O)CC(N)CC. The van der Waals surface area contributed by atoms with E-state index in [4.69, 9.17) is 10.5 Å². The highest BCUT2D eigenvalue weighted by Gasteiger charge is 2.32. The first-order valence-corrected chi connectivity index (χ1v) is 6.50. The number of amides is 2. The Morgan fingerprint density at radius 3 is 2.83 bits per heavy atom. The molecule has 1 aliphatic heterocycles. The molecule has 3 N–H and O–H groups in total. The number of rotatable bonds is 5. The first-order chi connectivity index (χ1) is 8.60. The average Bonchev–Trinajstić information content (AvgIpc) is 2.38. The number of carbonyl (C=O) groups is 2. The Bertz CT molecular complexity index is 296. The molecule has 1 aliphatic rings. The third-order valence-electron chi connectivity index (χ3n) is 3.06. The highest BCUT2D eigenvalue weighted by atomic mass is 16.5. The summed E-state index contributed by atoms with van der Waals surface area (Å²) < 4.78 is 5.28. The fraction of sp³-hybridized carbons (Fsp3) is 0.833.